The molecule has 0 heterocycles. The zero-order chi connectivity index (χ0) is 9.40. The van der Waals surface area contributed by atoms with Crippen LogP contribution in [0.25, 0.3) is 0 Å². The summed E-state index contributed by atoms with van der Waals surface area (Å²) in [5.41, 5.74) is 0. The van der Waals surface area contributed by atoms with Crippen molar-refractivity contribution in [2.75, 3.05) is 6.26 Å². The van der Waals surface area contributed by atoms with Crippen LogP contribution in [0.4, 0.5) is 0 Å². The second kappa shape index (κ2) is 7.50. The van der Waals surface area contributed by atoms with Crippen LogP contribution in [0.1, 0.15) is 0 Å². The summed E-state index contributed by atoms with van der Waals surface area (Å²) in [5, 5.41) is 0. The van der Waals surface area contributed by atoms with E-state index in [1.54, 1.807) is 11.8 Å². The van der Waals surface area contributed by atoms with Gasteiger partial charge in [-0.25, -0.2) is 0 Å². The summed E-state index contributed by atoms with van der Waals surface area (Å²) in [6.07, 6.45) is 2.08. The summed E-state index contributed by atoms with van der Waals surface area (Å²) >= 11 is -1.81. The van der Waals surface area contributed by atoms with Gasteiger partial charge in [0.15, 0.2) is 0 Å². The van der Waals surface area contributed by atoms with Crippen molar-refractivity contribution >= 4 is 27.0 Å². The fraction of sp³-hybridized carbons (Fsp3) is 0.143. The van der Waals surface area contributed by atoms with Crippen molar-refractivity contribution in [2.45, 2.75) is 4.90 Å². The molecule has 68 valence electrons. The number of hydrogen-bond donors (Lipinski definition) is 2. The van der Waals surface area contributed by atoms with Gasteiger partial charge in [0.2, 0.25) is 0 Å². The van der Waals surface area contributed by atoms with Gasteiger partial charge in [-0.2, -0.15) is 0 Å². The van der Waals surface area contributed by atoms with E-state index in [4.69, 9.17) is 11.9 Å². The van der Waals surface area contributed by atoms with E-state index >= 15 is 0 Å². The Balaban J connectivity index is 0.000000261. The van der Waals surface area contributed by atoms with Crippen LogP contribution in [0, 0.1) is 0 Å². The monoisotopic (exact) mass is 250 g/mol. The zero-order valence-electron chi connectivity index (χ0n) is 6.60. The van der Waals surface area contributed by atoms with Gasteiger partial charge in [0.05, 0.1) is 0 Å². The van der Waals surface area contributed by atoms with Crippen LogP contribution in [0.5, 0.6) is 0 Å². The molecule has 0 amide bonds. The van der Waals surface area contributed by atoms with Crippen molar-refractivity contribution in [1.29, 1.82) is 0 Å². The molecular weight excluding hydrogens is 239 g/mol. The molecule has 2 N–H and O–H groups in total. The quantitative estimate of drug-likeness (QED) is 0.563. The van der Waals surface area contributed by atoms with Gasteiger partial charge in [-0.3, -0.25) is 0 Å². The average Bonchev–Trinajstić information content (AvgIpc) is 2.05. The van der Waals surface area contributed by atoms with Crippen LogP contribution in [0.3, 0.4) is 0 Å². The Hall–Kier alpha value is -0.152. The first-order valence-electron chi connectivity index (χ1n) is 3.17. The summed E-state index contributed by atoms with van der Waals surface area (Å²) < 4.78 is 23.2. The van der Waals surface area contributed by atoms with Crippen molar-refractivity contribution in [3.63, 3.8) is 0 Å². The fourth-order valence-electron chi connectivity index (χ4n) is 0.557. The van der Waals surface area contributed by atoms with Crippen LogP contribution in [-0.4, -0.2) is 29.7 Å². The number of benzene rings is 1. The predicted octanol–water partition coefficient (Wildman–Crippen LogP) is 0.527. The van der Waals surface area contributed by atoms with Crippen LogP contribution in [0.2, 0.25) is 0 Å². The molecule has 1 aromatic rings. The van der Waals surface area contributed by atoms with E-state index in [0.717, 1.165) is 0 Å². The van der Waals surface area contributed by atoms with Gasteiger partial charge < -0.3 is 0 Å². The molecule has 1 rings (SSSR count). The standard InChI is InChI=1S/C7H8S.AsH3O3/c1-8-7-5-3-2-4-6-7;2-1(3)4/h2-6H,1H3;1H,(H2,2,3,4). The molecule has 0 saturated heterocycles. The Bertz CT molecular complexity index is 223. The topological polar surface area (TPSA) is 57.5 Å². The fourth-order valence-corrected chi connectivity index (χ4v) is 0.986. The molecule has 5 heteroatoms. The van der Waals surface area contributed by atoms with Crippen molar-refractivity contribution in [2.24, 2.45) is 0 Å². The molecule has 0 aromatic heterocycles. The third-order valence-corrected chi connectivity index (χ3v) is 1.72. The Morgan fingerprint density at radius 3 is 1.92 bits per heavy atom. The Morgan fingerprint density at radius 1 is 1.25 bits per heavy atom. The van der Waals surface area contributed by atoms with Gasteiger partial charge >= 0.3 is 27.2 Å². The molecule has 0 atom stereocenters. The first-order chi connectivity index (χ1) is 5.66. The van der Waals surface area contributed by atoms with Gasteiger partial charge in [0.1, 0.15) is 0 Å². The number of hydrogen-bond acceptors (Lipinski definition) is 2. The summed E-state index contributed by atoms with van der Waals surface area (Å²) in [4.78, 5) is 1.33. The summed E-state index contributed by atoms with van der Waals surface area (Å²) in [5.74, 6) is 0. The third kappa shape index (κ3) is 7.95. The van der Waals surface area contributed by atoms with Crippen molar-refractivity contribution in [3.05, 3.63) is 30.3 Å². The van der Waals surface area contributed by atoms with Crippen LogP contribution in [0.15, 0.2) is 35.2 Å². The van der Waals surface area contributed by atoms with E-state index in [-0.39, 0.29) is 0 Å². The van der Waals surface area contributed by atoms with E-state index in [1.807, 2.05) is 18.2 Å². The molecule has 0 fully saturated rings. The maximum absolute atomic E-state index is 8.81. The van der Waals surface area contributed by atoms with E-state index in [1.165, 1.54) is 4.90 Å². The number of thioether (sulfide) groups is 1. The Kier molecular flexibility index (Phi) is 7.40. The van der Waals surface area contributed by atoms with Gasteiger partial charge in [0.25, 0.3) is 0 Å². The van der Waals surface area contributed by atoms with Crippen LogP contribution >= 0.6 is 11.8 Å². The molecule has 0 spiro atoms. The average molecular weight is 250 g/mol. The summed E-state index contributed by atoms with van der Waals surface area (Å²) in [6.45, 7) is 0. The van der Waals surface area contributed by atoms with Gasteiger partial charge in [-0.15, -0.1) is 11.8 Å². The molecule has 0 aliphatic carbocycles. The molecule has 1 aromatic carbocycles. The normalized spacial score (nSPS) is 9.00. The second-order valence-corrected chi connectivity index (χ2v) is 3.87. The third-order valence-electron chi connectivity index (χ3n) is 0.979. The minimum atomic E-state index is -3.58. The van der Waals surface area contributed by atoms with Gasteiger partial charge in [-0.05, 0) is 18.4 Å². The molecule has 12 heavy (non-hydrogen) atoms. The van der Waals surface area contributed by atoms with Crippen LogP contribution in [-0.2, 0) is 3.74 Å². The van der Waals surface area contributed by atoms with E-state index in [2.05, 4.69) is 18.4 Å². The summed E-state index contributed by atoms with van der Waals surface area (Å²) in [7, 11) is 0. The Labute approximate surface area is 80.6 Å². The zero-order valence-corrected chi connectivity index (χ0v) is 9.51. The molecule has 0 bridgehead atoms. The van der Waals surface area contributed by atoms with Gasteiger partial charge in [0, 0.05) is 4.90 Å². The van der Waals surface area contributed by atoms with Crippen molar-refractivity contribution in [1.82, 2.24) is 0 Å². The molecule has 0 aliphatic heterocycles. The summed E-state index contributed by atoms with van der Waals surface area (Å²) in [6, 6.07) is 10.3. The van der Waals surface area contributed by atoms with E-state index < -0.39 is 15.3 Å². The van der Waals surface area contributed by atoms with Crippen molar-refractivity contribution in [3.8, 4) is 0 Å². The molecule has 0 aliphatic rings. The first-order valence-corrected chi connectivity index (χ1v) is 7.13. The van der Waals surface area contributed by atoms with E-state index in [0.29, 0.717) is 0 Å². The Morgan fingerprint density at radius 2 is 1.67 bits per heavy atom. The SMILES string of the molecule is CSc1ccccc1.O=[AsH](O)O. The molecular formula is C7H11AsO3S. The van der Waals surface area contributed by atoms with Crippen molar-refractivity contribution < 1.29 is 11.9 Å². The van der Waals surface area contributed by atoms with Crippen LogP contribution < -0.4 is 0 Å². The second-order valence-electron chi connectivity index (χ2n) is 1.80. The molecule has 0 radical (unpaired) electrons. The molecule has 3 nitrogen and oxygen atoms in total. The maximum atomic E-state index is 8.81. The molecule has 0 unspecified atom stereocenters. The number of rotatable bonds is 1. The molecule has 0 saturated carbocycles. The minimum absolute atomic E-state index is 1.33. The van der Waals surface area contributed by atoms with Gasteiger partial charge in [-0.1, -0.05) is 18.2 Å². The predicted molar refractivity (Wildman–Crippen MR) is 50.5 cm³/mol. The van der Waals surface area contributed by atoms with E-state index in [9.17, 15) is 0 Å². The first kappa shape index (κ1) is 11.8.